The first-order valence-corrected chi connectivity index (χ1v) is 4.98. The Hall–Kier alpha value is -0.350. The minimum atomic E-state index is 0.649. The summed E-state index contributed by atoms with van der Waals surface area (Å²) in [6, 6.07) is 8.00. The van der Waals surface area contributed by atoms with E-state index in [0.717, 1.165) is 5.69 Å². The molecular formula is C8H8Br2N2. The van der Waals surface area contributed by atoms with E-state index in [4.69, 9.17) is 0 Å². The second-order valence-electron chi connectivity index (χ2n) is 2.33. The van der Waals surface area contributed by atoms with Gasteiger partial charge < -0.3 is 0 Å². The average Bonchev–Trinajstić information content (AvgIpc) is 2.03. The van der Waals surface area contributed by atoms with Crippen LogP contribution < -0.4 is 5.43 Å². The largest absolute Gasteiger partial charge is 0.277 e. The van der Waals surface area contributed by atoms with Crippen molar-refractivity contribution in [1.82, 2.24) is 0 Å². The van der Waals surface area contributed by atoms with Crippen molar-refractivity contribution in [1.29, 1.82) is 0 Å². The predicted molar refractivity (Wildman–Crippen MR) is 60.1 cm³/mol. The van der Waals surface area contributed by atoms with E-state index in [1.54, 1.807) is 0 Å². The fourth-order valence-corrected chi connectivity index (χ4v) is 0.912. The number of nitrogens with zero attached hydrogens (tertiary/aromatic N) is 1. The predicted octanol–water partition coefficient (Wildman–Crippen LogP) is 3.47. The van der Waals surface area contributed by atoms with Crippen LogP contribution in [0.1, 0.15) is 5.56 Å². The Bertz CT molecular complexity index is 276. The van der Waals surface area contributed by atoms with Gasteiger partial charge in [0.2, 0.25) is 0 Å². The first-order valence-electron chi connectivity index (χ1n) is 3.40. The molecule has 0 fully saturated rings. The zero-order valence-corrected chi connectivity index (χ0v) is 9.68. The van der Waals surface area contributed by atoms with Crippen molar-refractivity contribution in [2.24, 2.45) is 5.10 Å². The Morgan fingerprint density at radius 2 is 1.83 bits per heavy atom. The van der Waals surface area contributed by atoms with Crippen molar-refractivity contribution < 1.29 is 0 Å². The van der Waals surface area contributed by atoms with Crippen molar-refractivity contribution >= 4 is 41.1 Å². The normalized spacial score (nSPS) is 9.25. The highest BCUT2D eigenvalue weighted by molar-refractivity contribution is 9.39. The van der Waals surface area contributed by atoms with Crippen molar-refractivity contribution in [3.63, 3.8) is 0 Å². The molecule has 0 unspecified atom stereocenters. The number of anilines is 1. The molecule has 1 rings (SSSR count). The second kappa shape index (κ2) is 4.62. The van der Waals surface area contributed by atoms with Gasteiger partial charge >= 0.3 is 0 Å². The Labute approximate surface area is 88.3 Å². The van der Waals surface area contributed by atoms with Gasteiger partial charge in [-0.2, -0.15) is 5.10 Å². The van der Waals surface area contributed by atoms with E-state index in [1.807, 2.05) is 31.2 Å². The van der Waals surface area contributed by atoms with Crippen LogP contribution in [0.5, 0.6) is 0 Å². The molecular weight excluding hydrogens is 284 g/mol. The molecule has 12 heavy (non-hydrogen) atoms. The smallest absolute Gasteiger partial charge is 0.168 e. The summed E-state index contributed by atoms with van der Waals surface area (Å²) in [5.41, 5.74) is 5.07. The van der Waals surface area contributed by atoms with Gasteiger partial charge in [-0.05, 0) is 50.9 Å². The summed E-state index contributed by atoms with van der Waals surface area (Å²) >= 11 is 6.30. The lowest BCUT2D eigenvalue weighted by molar-refractivity contribution is 1.35. The maximum atomic E-state index is 3.92. The van der Waals surface area contributed by atoms with E-state index in [0.29, 0.717) is 3.53 Å². The second-order valence-corrected chi connectivity index (χ2v) is 4.90. The highest BCUT2D eigenvalue weighted by Crippen LogP contribution is 2.09. The lowest BCUT2D eigenvalue weighted by Gasteiger charge is -1.99. The van der Waals surface area contributed by atoms with E-state index in [9.17, 15) is 0 Å². The maximum absolute atomic E-state index is 3.92. The number of nitrogens with one attached hydrogen (secondary N) is 1. The van der Waals surface area contributed by atoms with Gasteiger partial charge in [0.05, 0.1) is 5.69 Å². The molecule has 4 heteroatoms. The van der Waals surface area contributed by atoms with Crippen molar-refractivity contribution in [3.05, 3.63) is 29.8 Å². The molecule has 0 saturated heterocycles. The molecule has 0 spiro atoms. The Morgan fingerprint density at radius 1 is 1.25 bits per heavy atom. The molecule has 0 aliphatic heterocycles. The van der Waals surface area contributed by atoms with Crippen LogP contribution in [0.3, 0.4) is 0 Å². The Balaban J connectivity index is 2.65. The third-order valence-corrected chi connectivity index (χ3v) is 1.68. The van der Waals surface area contributed by atoms with Crippen molar-refractivity contribution in [3.8, 4) is 0 Å². The molecule has 1 N–H and O–H groups in total. The third kappa shape index (κ3) is 3.36. The number of aryl methyl sites for hydroxylation is 1. The van der Waals surface area contributed by atoms with Crippen LogP contribution in [0.25, 0.3) is 0 Å². The first-order chi connectivity index (χ1) is 5.68. The molecule has 1 aromatic rings. The van der Waals surface area contributed by atoms with Crippen LogP contribution in [-0.4, -0.2) is 3.53 Å². The van der Waals surface area contributed by atoms with E-state index < -0.39 is 0 Å². The van der Waals surface area contributed by atoms with Gasteiger partial charge in [0, 0.05) is 0 Å². The van der Waals surface area contributed by atoms with E-state index in [-0.39, 0.29) is 0 Å². The minimum Gasteiger partial charge on any atom is -0.277 e. The van der Waals surface area contributed by atoms with Gasteiger partial charge in [-0.25, -0.2) is 0 Å². The standard InChI is InChI=1S/C8H8Br2N2/c1-6-2-4-7(5-3-6)11-12-8(9)10/h2-5,11H,1H3. The summed E-state index contributed by atoms with van der Waals surface area (Å²) in [7, 11) is 0. The fraction of sp³-hybridized carbons (Fsp3) is 0.125. The van der Waals surface area contributed by atoms with Gasteiger partial charge in [-0.1, -0.05) is 17.7 Å². The Kier molecular flexibility index (Phi) is 3.75. The SMILES string of the molecule is Cc1ccc(NN=C(Br)Br)cc1. The molecule has 0 saturated carbocycles. The van der Waals surface area contributed by atoms with Crippen LogP contribution in [0.4, 0.5) is 5.69 Å². The number of hydrogen-bond donors (Lipinski definition) is 1. The van der Waals surface area contributed by atoms with Crippen LogP contribution in [-0.2, 0) is 0 Å². The number of halogens is 2. The maximum Gasteiger partial charge on any atom is 0.168 e. The molecule has 1 aromatic carbocycles. The fourth-order valence-electron chi connectivity index (χ4n) is 0.735. The molecule has 0 bridgehead atoms. The number of benzene rings is 1. The highest BCUT2D eigenvalue weighted by Gasteiger charge is 1.88. The van der Waals surface area contributed by atoms with Crippen LogP contribution in [0.2, 0.25) is 0 Å². The summed E-state index contributed by atoms with van der Waals surface area (Å²) in [6.07, 6.45) is 0. The molecule has 0 amide bonds. The minimum absolute atomic E-state index is 0.649. The number of rotatable bonds is 2. The van der Waals surface area contributed by atoms with E-state index in [2.05, 4.69) is 42.4 Å². The van der Waals surface area contributed by atoms with Crippen molar-refractivity contribution in [2.45, 2.75) is 6.92 Å². The number of hydrazone groups is 1. The summed E-state index contributed by atoms with van der Waals surface area (Å²) < 4.78 is 0.649. The molecule has 0 aliphatic carbocycles. The lowest BCUT2D eigenvalue weighted by Crippen LogP contribution is -1.88. The zero-order valence-electron chi connectivity index (χ0n) is 6.51. The van der Waals surface area contributed by atoms with Crippen LogP contribution in [0.15, 0.2) is 29.4 Å². The summed E-state index contributed by atoms with van der Waals surface area (Å²) in [5.74, 6) is 0. The molecule has 0 atom stereocenters. The monoisotopic (exact) mass is 290 g/mol. The third-order valence-electron chi connectivity index (χ3n) is 1.32. The first kappa shape index (κ1) is 9.74. The average molecular weight is 292 g/mol. The molecule has 0 aromatic heterocycles. The molecule has 2 nitrogen and oxygen atoms in total. The topological polar surface area (TPSA) is 24.4 Å². The Morgan fingerprint density at radius 3 is 2.33 bits per heavy atom. The van der Waals surface area contributed by atoms with E-state index >= 15 is 0 Å². The number of hydrogen-bond acceptors (Lipinski definition) is 2. The van der Waals surface area contributed by atoms with Gasteiger partial charge in [0.1, 0.15) is 0 Å². The highest BCUT2D eigenvalue weighted by atomic mass is 79.9. The molecule has 0 radical (unpaired) electrons. The van der Waals surface area contributed by atoms with Gasteiger partial charge in [0.25, 0.3) is 0 Å². The quantitative estimate of drug-likeness (QED) is 0.655. The van der Waals surface area contributed by atoms with Crippen LogP contribution in [0, 0.1) is 6.92 Å². The summed E-state index contributed by atoms with van der Waals surface area (Å²) in [6.45, 7) is 2.05. The lowest BCUT2D eigenvalue weighted by atomic mass is 10.2. The van der Waals surface area contributed by atoms with Gasteiger partial charge in [-0.15, -0.1) is 0 Å². The van der Waals surface area contributed by atoms with Crippen molar-refractivity contribution in [2.75, 3.05) is 5.43 Å². The molecule has 0 aliphatic rings. The molecule has 64 valence electrons. The zero-order chi connectivity index (χ0) is 8.97. The van der Waals surface area contributed by atoms with E-state index in [1.165, 1.54) is 5.56 Å². The van der Waals surface area contributed by atoms with Gasteiger partial charge in [0.15, 0.2) is 3.53 Å². The van der Waals surface area contributed by atoms with Crippen LogP contribution >= 0.6 is 31.9 Å². The summed E-state index contributed by atoms with van der Waals surface area (Å²) in [5, 5.41) is 3.92. The summed E-state index contributed by atoms with van der Waals surface area (Å²) in [4.78, 5) is 0. The molecule has 0 heterocycles. The van der Waals surface area contributed by atoms with Gasteiger partial charge in [-0.3, -0.25) is 5.43 Å².